The van der Waals surface area contributed by atoms with E-state index in [1.54, 1.807) is 77.9 Å². The quantitative estimate of drug-likeness (QED) is 0.212. The Labute approximate surface area is 335 Å². The van der Waals surface area contributed by atoms with Crippen molar-refractivity contribution in [2.45, 2.75) is 135 Å². The van der Waals surface area contributed by atoms with Crippen molar-refractivity contribution in [3.63, 3.8) is 0 Å². The number of benzene rings is 2. The predicted octanol–water partition coefficient (Wildman–Crippen LogP) is 4.47. The molecule has 4 heterocycles. The zero-order chi connectivity index (χ0) is 42.5. The van der Waals surface area contributed by atoms with Gasteiger partial charge < -0.3 is 29.8 Å². The Morgan fingerprint density at radius 3 is 1.48 bits per heavy atom. The van der Waals surface area contributed by atoms with Gasteiger partial charge in [0.1, 0.15) is 29.6 Å². The summed E-state index contributed by atoms with van der Waals surface area (Å²) in [6.07, 6.45) is -0.266. The smallest absolute Gasteiger partial charge is 0.424 e. The number of amides is 8. The molecule has 0 bridgehead atoms. The Morgan fingerprint density at radius 1 is 0.690 bits per heavy atom. The lowest BCUT2D eigenvalue weighted by Crippen LogP contribution is -2.57. The van der Waals surface area contributed by atoms with Gasteiger partial charge in [0.05, 0.1) is 5.54 Å². The molecule has 0 radical (unpaired) electrons. The third kappa shape index (κ3) is 7.76. The Balaban J connectivity index is 1.35. The molecular weight excluding hydrogens is 750 g/mol. The number of fused-ring (bicyclic) bond motifs is 2. The summed E-state index contributed by atoms with van der Waals surface area (Å²) < 4.78 is 10.7. The lowest BCUT2D eigenvalue weighted by Gasteiger charge is -2.36. The summed E-state index contributed by atoms with van der Waals surface area (Å²) in [4.78, 5) is 122. The van der Waals surface area contributed by atoms with Crippen molar-refractivity contribution in [1.82, 2.24) is 19.6 Å². The fraction of sp³-hybridized carbons (Fsp3) is 0.500. The molecule has 16 heteroatoms. The SMILES string of the molecule is CC(C)(C)OC(=O)N1C(=O)CCC(N2Cc3c(cccc3C(N)(CCCCC=O)c3cccc4c3CN(C3CCC(=O)N(C(=O)OC(C)(C)C)C3=O)C4=O)C2=O)C1=O. The number of rotatable bonds is 9. The van der Waals surface area contributed by atoms with Gasteiger partial charge in [-0.25, -0.2) is 9.59 Å². The Hall–Kier alpha value is -5.77. The van der Waals surface area contributed by atoms with Crippen LogP contribution in [0.4, 0.5) is 9.59 Å². The van der Waals surface area contributed by atoms with E-state index in [1.807, 2.05) is 0 Å². The normalized spacial score (nSPS) is 20.9. The number of carbonyl (C=O) groups excluding carboxylic acids is 9. The zero-order valence-corrected chi connectivity index (χ0v) is 33.6. The van der Waals surface area contributed by atoms with E-state index in [0.29, 0.717) is 44.9 Å². The molecule has 0 saturated carbocycles. The highest BCUT2D eigenvalue weighted by molar-refractivity contribution is 6.14. The second-order valence-corrected chi connectivity index (χ2v) is 17.1. The number of likely N-dealkylation sites (tertiary alicyclic amines) is 2. The van der Waals surface area contributed by atoms with Crippen molar-refractivity contribution in [1.29, 1.82) is 0 Å². The Bertz CT molecular complexity index is 1980. The van der Waals surface area contributed by atoms with Crippen LogP contribution in [-0.2, 0) is 52.1 Å². The van der Waals surface area contributed by atoms with E-state index in [9.17, 15) is 43.2 Å². The summed E-state index contributed by atoms with van der Waals surface area (Å²) in [5.74, 6) is -4.17. The van der Waals surface area contributed by atoms with Crippen molar-refractivity contribution < 1.29 is 52.6 Å². The van der Waals surface area contributed by atoms with E-state index < -0.39 is 76.5 Å². The molecule has 2 saturated heterocycles. The minimum atomic E-state index is -1.38. The molecule has 4 aliphatic rings. The first-order chi connectivity index (χ1) is 27.2. The van der Waals surface area contributed by atoms with Crippen LogP contribution in [0.1, 0.15) is 136 Å². The predicted molar refractivity (Wildman–Crippen MR) is 204 cm³/mol. The summed E-state index contributed by atoms with van der Waals surface area (Å²) >= 11 is 0. The number of piperidine rings is 2. The number of hydrogen-bond donors (Lipinski definition) is 1. The van der Waals surface area contributed by atoms with Gasteiger partial charge in [0.25, 0.3) is 23.6 Å². The van der Waals surface area contributed by atoms with E-state index in [1.165, 1.54) is 9.80 Å². The van der Waals surface area contributed by atoms with Crippen LogP contribution in [-0.4, -0.2) is 96.8 Å². The van der Waals surface area contributed by atoms with Crippen molar-refractivity contribution in [2.75, 3.05) is 0 Å². The monoisotopic (exact) mass is 799 g/mol. The number of hydrogen-bond acceptors (Lipinski definition) is 12. The number of nitrogens with zero attached hydrogens (tertiary/aromatic N) is 4. The van der Waals surface area contributed by atoms with Gasteiger partial charge in [0.15, 0.2) is 0 Å². The fourth-order valence-corrected chi connectivity index (χ4v) is 8.21. The molecule has 2 unspecified atom stereocenters. The van der Waals surface area contributed by atoms with Gasteiger partial charge in [0, 0.05) is 43.5 Å². The minimum Gasteiger partial charge on any atom is -0.443 e. The molecule has 0 aliphatic carbocycles. The molecule has 16 nitrogen and oxygen atoms in total. The van der Waals surface area contributed by atoms with Crippen LogP contribution in [0.15, 0.2) is 36.4 Å². The van der Waals surface area contributed by atoms with Crippen LogP contribution in [0.5, 0.6) is 0 Å². The lowest BCUT2D eigenvalue weighted by molar-refractivity contribution is -0.152. The zero-order valence-electron chi connectivity index (χ0n) is 33.6. The first-order valence-corrected chi connectivity index (χ1v) is 19.5. The highest BCUT2D eigenvalue weighted by atomic mass is 16.6. The maximum atomic E-state index is 14.1. The van der Waals surface area contributed by atoms with Crippen molar-refractivity contribution in [2.24, 2.45) is 5.73 Å². The van der Waals surface area contributed by atoms with E-state index >= 15 is 0 Å². The molecule has 2 aromatic carbocycles. The lowest BCUT2D eigenvalue weighted by atomic mass is 9.75. The highest BCUT2D eigenvalue weighted by Crippen LogP contribution is 2.43. The van der Waals surface area contributed by atoms with Crippen LogP contribution in [0.3, 0.4) is 0 Å². The van der Waals surface area contributed by atoms with Crippen LogP contribution >= 0.6 is 0 Å². The summed E-state index contributed by atoms with van der Waals surface area (Å²) in [5, 5.41) is 0. The van der Waals surface area contributed by atoms with Crippen molar-refractivity contribution in [3.8, 4) is 0 Å². The van der Waals surface area contributed by atoms with E-state index in [-0.39, 0.29) is 62.7 Å². The van der Waals surface area contributed by atoms with Gasteiger partial charge in [0.2, 0.25) is 11.8 Å². The van der Waals surface area contributed by atoms with E-state index in [4.69, 9.17) is 15.2 Å². The molecule has 8 amide bonds. The Kier molecular flexibility index (Phi) is 11.2. The van der Waals surface area contributed by atoms with Gasteiger partial charge >= 0.3 is 12.2 Å². The molecule has 2 N–H and O–H groups in total. The summed E-state index contributed by atoms with van der Waals surface area (Å²) in [5.41, 5.74) is 6.84. The molecule has 6 rings (SSSR count). The molecule has 2 aromatic rings. The summed E-state index contributed by atoms with van der Waals surface area (Å²) in [7, 11) is 0. The third-order valence-electron chi connectivity index (χ3n) is 10.8. The van der Waals surface area contributed by atoms with Crippen LogP contribution in [0, 0.1) is 0 Å². The molecule has 0 spiro atoms. The first kappa shape index (κ1) is 41.9. The standard InChI is InChI=1S/C42H49N5O11/c1-40(2,3)57-38(55)46-32(49)18-16-30(36(46)53)44-22-26-24(34(44)51)12-10-14-28(26)42(43,20-8-7-9-21-48)29-15-11-13-25-27(29)23-45(35(25)52)31-17-19-33(50)47(37(31)54)39(56)58-41(4,5)6/h10-15,21,30-31H,7-9,16-20,22-23,43H2,1-6H3. The van der Waals surface area contributed by atoms with Crippen LogP contribution < -0.4 is 5.73 Å². The second kappa shape index (κ2) is 15.5. The number of imide groups is 6. The number of carbonyl (C=O) groups is 9. The number of aldehydes is 1. The van der Waals surface area contributed by atoms with Gasteiger partial charge in [-0.05, 0) is 102 Å². The Morgan fingerprint density at radius 2 is 1.10 bits per heavy atom. The van der Waals surface area contributed by atoms with Crippen molar-refractivity contribution >= 4 is 53.9 Å². The molecule has 58 heavy (non-hydrogen) atoms. The van der Waals surface area contributed by atoms with Gasteiger partial charge in [-0.1, -0.05) is 30.7 Å². The van der Waals surface area contributed by atoms with Crippen molar-refractivity contribution in [3.05, 3.63) is 69.8 Å². The topological polar surface area (TPSA) is 211 Å². The van der Waals surface area contributed by atoms with Crippen LogP contribution in [0.25, 0.3) is 0 Å². The molecule has 0 aromatic heterocycles. The number of nitrogens with two attached hydrogens (primary N) is 1. The number of ether oxygens (including phenoxy) is 2. The average Bonchev–Trinajstić information content (AvgIpc) is 3.64. The molecule has 308 valence electrons. The largest absolute Gasteiger partial charge is 0.443 e. The molecule has 2 atom stereocenters. The maximum absolute atomic E-state index is 14.1. The summed E-state index contributed by atoms with van der Waals surface area (Å²) in [6, 6.07) is 7.83. The molecular formula is C42H49N5O11. The first-order valence-electron chi connectivity index (χ1n) is 19.5. The number of unbranched alkanes of at least 4 members (excludes halogenated alkanes) is 2. The third-order valence-corrected chi connectivity index (χ3v) is 10.8. The summed E-state index contributed by atoms with van der Waals surface area (Å²) in [6.45, 7) is 9.49. The van der Waals surface area contributed by atoms with Gasteiger partial charge in [-0.3, -0.25) is 28.8 Å². The van der Waals surface area contributed by atoms with Crippen LogP contribution in [0.2, 0.25) is 0 Å². The fourth-order valence-electron chi connectivity index (χ4n) is 8.21. The molecule has 2 fully saturated rings. The highest BCUT2D eigenvalue weighted by Gasteiger charge is 2.50. The maximum Gasteiger partial charge on any atom is 0.424 e. The molecule has 4 aliphatic heterocycles. The second-order valence-electron chi connectivity index (χ2n) is 17.1. The minimum absolute atomic E-state index is 0.00747. The van der Waals surface area contributed by atoms with E-state index in [2.05, 4.69) is 0 Å². The van der Waals surface area contributed by atoms with E-state index in [0.717, 1.165) is 6.29 Å². The average molecular weight is 800 g/mol. The van der Waals surface area contributed by atoms with Gasteiger partial charge in [-0.15, -0.1) is 0 Å². The van der Waals surface area contributed by atoms with Gasteiger partial charge in [-0.2, -0.15) is 9.80 Å².